The van der Waals surface area contributed by atoms with Crippen LogP contribution >= 0.6 is 11.3 Å². The molecule has 1 unspecified atom stereocenters. The van der Waals surface area contributed by atoms with E-state index in [1.807, 2.05) is 27.7 Å². The average molecular weight is 245 g/mol. The van der Waals surface area contributed by atoms with Crippen molar-refractivity contribution < 1.29 is 9.84 Å². The number of aromatic nitrogens is 1. The molecule has 16 heavy (non-hydrogen) atoms. The molecule has 0 amide bonds. The fourth-order valence-electron chi connectivity index (χ4n) is 1.37. The van der Waals surface area contributed by atoms with Crippen molar-refractivity contribution >= 4 is 11.3 Å². The van der Waals surface area contributed by atoms with Crippen LogP contribution in [-0.4, -0.2) is 28.5 Å². The van der Waals surface area contributed by atoms with E-state index in [4.69, 9.17) is 4.74 Å². The summed E-state index contributed by atoms with van der Waals surface area (Å²) in [6, 6.07) is 0. The Bertz CT molecular complexity index is 394. The minimum absolute atomic E-state index is 0.0152. The first-order valence-corrected chi connectivity index (χ1v) is 6.20. The first-order valence-electron chi connectivity index (χ1n) is 5.38. The van der Waals surface area contributed by atoms with Gasteiger partial charge < -0.3 is 14.4 Å². The Hall–Kier alpha value is -0.650. The number of aliphatic hydroxyl groups excluding tert-OH is 1. The van der Waals surface area contributed by atoms with E-state index in [0.717, 1.165) is 10.6 Å². The van der Waals surface area contributed by atoms with Gasteiger partial charge in [0.15, 0.2) is 0 Å². The van der Waals surface area contributed by atoms with Crippen molar-refractivity contribution in [2.75, 3.05) is 6.61 Å². The summed E-state index contributed by atoms with van der Waals surface area (Å²) in [7, 11) is 0. The lowest BCUT2D eigenvalue weighted by Crippen LogP contribution is -2.28. The van der Waals surface area contributed by atoms with Gasteiger partial charge in [-0.15, -0.1) is 0 Å². The van der Waals surface area contributed by atoms with Gasteiger partial charge in [0.1, 0.15) is 0 Å². The summed E-state index contributed by atoms with van der Waals surface area (Å²) in [6.45, 7) is 8.20. The number of nitrogens with zero attached hydrogens (tertiary/aromatic N) is 1. The maximum absolute atomic E-state index is 11.6. The van der Waals surface area contributed by atoms with Gasteiger partial charge in [0, 0.05) is 10.6 Å². The van der Waals surface area contributed by atoms with Crippen molar-refractivity contribution in [3.63, 3.8) is 0 Å². The minimum Gasteiger partial charge on any atom is -0.389 e. The van der Waals surface area contributed by atoms with Crippen molar-refractivity contribution in [3.8, 4) is 0 Å². The van der Waals surface area contributed by atoms with Crippen molar-refractivity contribution in [2.45, 2.75) is 46.4 Å². The maximum Gasteiger partial charge on any atom is 0.307 e. The number of hydrogen-bond donors (Lipinski definition) is 1. The van der Waals surface area contributed by atoms with E-state index < -0.39 is 6.10 Å². The van der Waals surface area contributed by atoms with Gasteiger partial charge in [-0.3, -0.25) is 4.79 Å². The second-order valence-electron chi connectivity index (χ2n) is 4.16. The van der Waals surface area contributed by atoms with Crippen LogP contribution in [0.15, 0.2) is 4.79 Å². The Morgan fingerprint density at radius 1 is 1.44 bits per heavy atom. The lowest BCUT2D eigenvalue weighted by Gasteiger charge is -2.14. The third-order valence-electron chi connectivity index (χ3n) is 2.39. The first-order chi connectivity index (χ1) is 7.41. The van der Waals surface area contributed by atoms with E-state index in [-0.39, 0.29) is 17.6 Å². The number of ether oxygens (including phenoxy) is 1. The topological polar surface area (TPSA) is 51.5 Å². The molecular weight excluding hydrogens is 226 g/mol. The van der Waals surface area contributed by atoms with Gasteiger partial charge in [-0.2, -0.15) is 0 Å². The Balaban J connectivity index is 2.62. The first kappa shape index (κ1) is 13.4. The van der Waals surface area contributed by atoms with E-state index in [9.17, 15) is 9.90 Å². The molecule has 0 fully saturated rings. The summed E-state index contributed by atoms with van der Waals surface area (Å²) in [5.41, 5.74) is 0.929. The van der Waals surface area contributed by atoms with Crippen molar-refractivity contribution in [2.24, 2.45) is 0 Å². The second-order valence-corrected chi connectivity index (χ2v) is 5.32. The number of aliphatic hydroxyl groups is 1. The summed E-state index contributed by atoms with van der Waals surface area (Å²) in [6.07, 6.45) is -0.538. The Morgan fingerprint density at radius 2 is 2.06 bits per heavy atom. The van der Waals surface area contributed by atoms with Crippen LogP contribution in [0.2, 0.25) is 0 Å². The fraction of sp³-hybridized carbons (Fsp3) is 0.727. The largest absolute Gasteiger partial charge is 0.389 e. The Kier molecular flexibility index (Phi) is 4.70. The standard InChI is InChI=1S/C11H19NO3S/c1-7(2)15-6-10(13)5-12-8(3)9(4)16-11(12)14/h7,10,13H,5-6H2,1-4H3. The minimum atomic E-state index is -0.632. The molecule has 0 spiro atoms. The number of aryl methyl sites for hydroxylation is 1. The SMILES string of the molecule is Cc1sc(=O)n(CC(O)COC(C)C)c1C. The van der Waals surface area contributed by atoms with Crippen LogP contribution in [0.3, 0.4) is 0 Å². The summed E-state index contributed by atoms with van der Waals surface area (Å²) in [5, 5.41) is 9.73. The molecule has 0 aliphatic heterocycles. The molecule has 1 atom stereocenters. The molecule has 0 radical (unpaired) electrons. The molecule has 0 saturated heterocycles. The van der Waals surface area contributed by atoms with Crippen LogP contribution in [0, 0.1) is 13.8 Å². The van der Waals surface area contributed by atoms with Gasteiger partial charge in [-0.05, 0) is 27.7 Å². The summed E-state index contributed by atoms with van der Waals surface area (Å²) >= 11 is 1.22. The van der Waals surface area contributed by atoms with Crippen LogP contribution in [0.5, 0.6) is 0 Å². The van der Waals surface area contributed by atoms with Crippen LogP contribution in [0.1, 0.15) is 24.4 Å². The van der Waals surface area contributed by atoms with Crippen molar-refractivity contribution in [1.82, 2.24) is 4.57 Å². The van der Waals surface area contributed by atoms with Gasteiger partial charge in [0.05, 0.1) is 25.4 Å². The monoisotopic (exact) mass is 245 g/mol. The zero-order chi connectivity index (χ0) is 12.3. The van der Waals surface area contributed by atoms with Gasteiger partial charge in [-0.1, -0.05) is 11.3 Å². The van der Waals surface area contributed by atoms with E-state index in [0.29, 0.717) is 6.54 Å². The predicted octanol–water partition coefficient (Wildman–Crippen LogP) is 1.31. The molecule has 1 aromatic rings. The van der Waals surface area contributed by atoms with Crippen LogP contribution in [-0.2, 0) is 11.3 Å². The third kappa shape index (κ3) is 3.43. The van der Waals surface area contributed by atoms with Crippen molar-refractivity contribution in [3.05, 3.63) is 20.2 Å². The molecule has 0 bridgehead atoms. The second kappa shape index (κ2) is 5.61. The molecule has 1 heterocycles. The maximum atomic E-state index is 11.6. The summed E-state index contributed by atoms with van der Waals surface area (Å²) in [5.74, 6) is 0. The molecule has 1 N–H and O–H groups in total. The lowest BCUT2D eigenvalue weighted by atomic mass is 10.3. The van der Waals surface area contributed by atoms with Gasteiger partial charge >= 0.3 is 4.87 Å². The highest BCUT2D eigenvalue weighted by Gasteiger charge is 2.12. The fourth-order valence-corrected chi connectivity index (χ4v) is 2.21. The van der Waals surface area contributed by atoms with E-state index in [2.05, 4.69) is 0 Å². The highest BCUT2D eigenvalue weighted by molar-refractivity contribution is 7.09. The molecular formula is C11H19NO3S. The Labute approximate surface area is 99.5 Å². The zero-order valence-corrected chi connectivity index (χ0v) is 11.0. The van der Waals surface area contributed by atoms with Crippen molar-refractivity contribution in [1.29, 1.82) is 0 Å². The highest BCUT2D eigenvalue weighted by atomic mass is 32.1. The number of thiazole rings is 1. The van der Waals surface area contributed by atoms with Gasteiger partial charge in [0.25, 0.3) is 0 Å². The van der Waals surface area contributed by atoms with Gasteiger partial charge in [-0.25, -0.2) is 0 Å². The summed E-state index contributed by atoms with van der Waals surface area (Å²) in [4.78, 5) is 12.6. The molecule has 0 aliphatic carbocycles. The third-order valence-corrected chi connectivity index (χ3v) is 3.39. The zero-order valence-electron chi connectivity index (χ0n) is 10.2. The number of hydrogen-bond acceptors (Lipinski definition) is 4. The molecule has 5 heteroatoms. The smallest absolute Gasteiger partial charge is 0.307 e. The molecule has 0 aromatic carbocycles. The van der Waals surface area contributed by atoms with Gasteiger partial charge in [0.2, 0.25) is 0 Å². The normalized spacial score (nSPS) is 13.4. The van der Waals surface area contributed by atoms with Crippen LogP contribution < -0.4 is 4.87 Å². The summed E-state index contributed by atoms with van der Waals surface area (Å²) < 4.78 is 6.91. The Morgan fingerprint density at radius 3 is 2.50 bits per heavy atom. The average Bonchev–Trinajstić information content (AvgIpc) is 2.42. The lowest BCUT2D eigenvalue weighted by molar-refractivity contribution is -0.00110. The highest BCUT2D eigenvalue weighted by Crippen LogP contribution is 2.10. The van der Waals surface area contributed by atoms with Crippen LogP contribution in [0.4, 0.5) is 0 Å². The van der Waals surface area contributed by atoms with Crippen LogP contribution in [0.25, 0.3) is 0 Å². The number of rotatable bonds is 5. The quantitative estimate of drug-likeness (QED) is 0.851. The predicted molar refractivity (Wildman–Crippen MR) is 65.1 cm³/mol. The molecule has 4 nitrogen and oxygen atoms in total. The van der Waals surface area contributed by atoms with E-state index in [1.54, 1.807) is 4.57 Å². The molecule has 0 aliphatic rings. The molecule has 1 aromatic heterocycles. The molecule has 1 rings (SSSR count). The molecule has 0 saturated carbocycles. The van der Waals surface area contributed by atoms with E-state index in [1.165, 1.54) is 11.3 Å². The molecule has 92 valence electrons. The van der Waals surface area contributed by atoms with E-state index >= 15 is 0 Å².